The van der Waals surface area contributed by atoms with Crippen molar-refractivity contribution in [3.8, 4) is 11.9 Å². The number of aliphatic carboxylic acids is 1. The summed E-state index contributed by atoms with van der Waals surface area (Å²) < 4.78 is 43.7. The Hall–Kier alpha value is -3.65. The monoisotopic (exact) mass is 463 g/mol. The topological polar surface area (TPSA) is 113 Å². The molecule has 0 aliphatic carbocycles. The molecule has 1 N–H and O–H groups in total. The van der Waals surface area contributed by atoms with E-state index in [4.69, 9.17) is 24.6 Å². The van der Waals surface area contributed by atoms with Gasteiger partial charge in [-0.25, -0.2) is 9.78 Å². The number of carbonyl (C=O) groups is 2. The summed E-state index contributed by atoms with van der Waals surface area (Å²) >= 11 is 0. The molecule has 0 bridgehead atoms. The average molecular weight is 463 g/mol. The van der Waals surface area contributed by atoms with Crippen LogP contribution in [-0.2, 0) is 9.53 Å². The van der Waals surface area contributed by atoms with E-state index >= 15 is 0 Å². The molecule has 0 saturated carbocycles. The van der Waals surface area contributed by atoms with E-state index in [1.807, 2.05) is 18.2 Å². The van der Waals surface area contributed by atoms with Crippen molar-refractivity contribution in [1.82, 2.24) is 9.88 Å². The van der Waals surface area contributed by atoms with Crippen LogP contribution < -0.4 is 4.74 Å². The third-order valence-corrected chi connectivity index (χ3v) is 5.10. The number of hydrogen-bond donors (Lipinski definition) is 1. The van der Waals surface area contributed by atoms with Gasteiger partial charge in [-0.05, 0) is 24.3 Å². The molecule has 2 aliphatic rings. The van der Waals surface area contributed by atoms with Crippen molar-refractivity contribution in [3.05, 3.63) is 59.8 Å². The Bertz CT molecular complexity index is 1030. The van der Waals surface area contributed by atoms with Gasteiger partial charge in [-0.1, -0.05) is 12.1 Å². The Kier molecular flexibility index (Phi) is 7.18. The molecule has 1 aromatic heterocycles. The van der Waals surface area contributed by atoms with Gasteiger partial charge in [0.25, 0.3) is 5.91 Å². The molecule has 1 amide bonds. The van der Waals surface area contributed by atoms with Crippen molar-refractivity contribution in [2.45, 2.75) is 30.7 Å². The number of carboxylic acids is 1. The van der Waals surface area contributed by atoms with Crippen LogP contribution in [0, 0.1) is 11.3 Å². The normalized spacial score (nSPS) is 18.8. The lowest BCUT2D eigenvalue weighted by molar-refractivity contribution is -0.192. The molecule has 1 atom stereocenters. The molecule has 11 heteroatoms. The Morgan fingerprint density at radius 1 is 1.24 bits per heavy atom. The van der Waals surface area contributed by atoms with Gasteiger partial charge in [-0.3, -0.25) is 4.79 Å². The first-order valence-corrected chi connectivity index (χ1v) is 9.93. The Morgan fingerprint density at radius 2 is 1.97 bits per heavy atom. The maximum Gasteiger partial charge on any atom is 0.490 e. The van der Waals surface area contributed by atoms with Gasteiger partial charge in [0, 0.05) is 30.7 Å². The van der Waals surface area contributed by atoms with E-state index in [0.717, 1.165) is 12.8 Å². The van der Waals surface area contributed by atoms with E-state index in [2.05, 4.69) is 11.1 Å². The first-order chi connectivity index (χ1) is 15.6. The number of pyridine rings is 1. The fourth-order valence-electron chi connectivity index (χ4n) is 3.59. The number of nitrogens with zero attached hydrogens (tertiary/aromatic N) is 3. The second kappa shape index (κ2) is 9.87. The number of nitriles is 1. The molecular formula is C22H20F3N3O5. The summed E-state index contributed by atoms with van der Waals surface area (Å²) in [5, 5.41) is 16.1. The summed E-state index contributed by atoms with van der Waals surface area (Å²) in [7, 11) is 0. The first-order valence-electron chi connectivity index (χ1n) is 9.93. The lowest BCUT2D eigenvalue weighted by atomic mass is 9.84. The Morgan fingerprint density at radius 3 is 2.58 bits per heavy atom. The number of rotatable bonds is 3. The summed E-state index contributed by atoms with van der Waals surface area (Å²) in [4.78, 5) is 27.5. The number of hydrogen-bond acceptors (Lipinski definition) is 6. The molecule has 4 rings (SSSR count). The van der Waals surface area contributed by atoms with Gasteiger partial charge in [-0.15, -0.1) is 0 Å². The van der Waals surface area contributed by atoms with E-state index in [-0.39, 0.29) is 17.6 Å². The number of alkyl halides is 3. The van der Waals surface area contributed by atoms with Crippen LogP contribution in [0.5, 0.6) is 5.88 Å². The van der Waals surface area contributed by atoms with Gasteiger partial charge >= 0.3 is 12.1 Å². The van der Waals surface area contributed by atoms with Crippen molar-refractivity contribution in [2.24, 2.45) is 0 Å². The Labute approximate surface area is 187 Å². The second-order valence-electron chi connectivity index (χ2n) is 7.59. The zero-order valence-corrected chi connectivity index (χ0v) is 17.3. The maximum atomic E-state index is 12.6. The molecule has 2 aliphatic heterocycles. The molecule has 8 nitrogen and oxygen atoms in total. The number of likely N-dealkylation sites (tertiary alicyclic amines) is 1. The number of ether oxygens (including phenoxy) is 2. The standard InChI is InChI=1S/C20H19N3O3.C2HF3O2/c21-12-15-4-3-5-16(10-15)19(24)23-13-20(14-23)11-17(7-9-25-20)26-18-6-1-2-8-22-18;3-2(4,5)1(6)7/h1-6,8,10,17H,7,9,11,13-14H2;(H,6,7). The third-order valence-electron chi connectivity index (χ3n) is 5.10. The number of benzene rings is 1. The summed E-state index contributed by atoms with van der Waals surface area (Å²) in [5.74, 6) is -2.20. The highest BCUT2D eigenvalue weighted by atomic mass is 19.4. The van der Waals surface area contributed by atoms with E-state index < -0.39 is 12.1 Å². The quantitative estimate of drug-likeness (QED) is 0.745. The summed E-state index contributed by atoms with van der Waals surface area (Å²) in [6, 6.07) is 14.5. The van der Waals surface area contributed by atoms with Crippen LogP contribution in [0.4, 0.5) is 13.2 Å². The molecule has 2 aromatic rings. The molecule has 33 heavy (non-hydrogen) atoms. The van der Waals surface area contributed by atoms with Crippen LogP contribution in [-0.4, -0.2) is 64.4 Å². The van der Waals surface area contributed by atoms with Crippen molar-refractivity contribution in [1.29, 1.82) is 5.26 Å². The van der Waals surface area contributed by atoms with E-state index in [1.165, 1.54) is 0 Å². The highest BCUT2D eigenvalue weighted by Gasteiger charge is 2.50. The minimum absolute atomic E-state index is 0.0396. The lowest BCUT2D eigenvalue weighted by Crippen LogP contribution is -2.67. The average Bonchev–Trinajstić information content (AvgIpc) is 2.77. The molecule has 0 radical (unpaired) electrons. The van der Waals surface area contributed by atoms with Gasteiger partial charge in [0.1, 0.15) is 11.7 Å². The van der Waals surface area contributed by atoms with Crippen LogP contribution in [0.25, 0.3) is 0 Å². The fraction of sp³-hybridized carbons (Fsp3) is 0.364. The smallest absolute Gasteiger partial charge is 0.475 e. The zero-order valence-electron chi connectivity index (χ0n) is 17.3. The van der Waals surface area contributed by atoms with Gasteiger partial charge in [0.05, 0.1) is 31.3 Å². The molecule has 2 fully saturated rings. The number of aromatic nitrogens is 1. The fourth-order valence-corrected chi connectivity index (χ4v) is 3.59. The van der Waals surface area contributed by atoms with Crippen molar-refractivity contribution in [3.63, 3.8) is 0 Å². The second-order valence-corrected chi connectivity index (χ2v) is 7.59. The van der Waals surface area contributed by atoms with Gasteiger partial charge in [-0.2, -0.15) is 18.4 Å². The SMILES string of the molecule is N#Cc1cccc(C(=O)N2CC3(CC(Oc4ccccn4)CCO3)C2)c1.O=C(O)C(F)(F)F. The van der Waals surface area contributed by atoms with Crippen molar-refractivity contribution in [2.75, 3.05) is 19.7 Å². The van der Waals surface area contributed by atoms with Crippen molar-refractivity contribution < 1.29 is 37.3 Å². The lowest BCUT2D eigenvalue weighted by Gasteiger charge is -2.52. The van der Waals surface area contributed by atoms with E-state index in [1.54, 1.807) is 35.4 Å². The number of amides is 1. The highest BCUT2D eigenvalue weighted by molar-refractivity contribution is 5.95. The van der Waals surface area contributed by atoms with Crippen LogP contribution >= 0.6 is 0 Å². The minimum Gasteiger partial charge on any atom is -0.475 e. The van der Waals surface area contributed by atoms with Crippen LogP contribution in [0.1, 0.15) is 28.8 Å². The summed E-state index contributed by atoms with van der Waals surface area (Å²) in [6.07, 6.45) is -1.77. The van der Waals surface area contributed by atoms with Crippen LogP contribution in [0.3, 0.4) is 0 Å². The molecule has 174 valence electrons. The molecule has 1 unspecified atom stereocenters. The highest BCUT2D eigenvalue weighted by Crippen LogP contribution is 2.36. The molecule has 3 heterocycles. The number of carboxylic acid groups (broad SMARTS) is 1. The molecular weight excluding hydrogens is 443 g/mol. The van der Waals surface area contributed by atoms with E-state index in [0.29, 0.717) is 36.7 Å². The first kappa shape index (κ1) is 24.0. The molecule has 1 aromatic carbocycles. The van der Waals surface area contributed by atoms with Crippen LogP contribution in [0.2, 0.25) is 0 Å². The predicted octanol–water partition coefficient (Wildman–Crippen LogP) is 3.04. The van der Waals surface area contributed by atoms with Gasteiger partial charge < -0.3 is 19.5 Å². The van der Waals surface area contributed by atoms with Gasteiger partial charge in [0.15, 0.2) is 0 Å². The number of carbonyl (C=O) groups excluding carboxylic acids is 1. The third kappa shape index (κ3) is 6.20. The summed E-state index contributed by atoms with van der Waals surface area (Å²) in [5.41, 5.74) is 0.694. The van der Waals surface area contributed by atoms with Crippen LogP contribution in [0.15, 0.2) is 48.7 Å². The maximum absolute atomic E-state index is 12.6. The van der Waals surface area contributed by atoms with Gasteiger partial charge in [0.2, 0.25) is 5.88 Å². The molecule has 2 saturated heterocycles. The summed E-state index contributed by atoms with van der Waals surface area (Å²) in [6.45, 7) is 1.71. The predicted molar refractivity (Wildman–Crippen MR) is 107 cm³/mol. The van der Waals surface area contributed by atoms with E-state index in [9.17, 15) is 18.0 Å². The van der Waals surface area contributed by atoms with Crippen molar-refractivity contribution >= 4 is 11.9 Å². The number of halogens is 3. The molecule has 1 spiro atoms. The zero-order chi connectivity index (χ0) is 24.1. The Balaban J connectivity index is 0.000000383. The minimum atomic E-state index is -5.08. The largest absolute Gasteiger partial charge is 0.490 e.